The van der Waals surface area contributed by atoms with Crippen LogP contribution in [0.2, 0.25) is 0 Å². The summed E-state index contributed by atoms with van der Waals surface area (Å²) in [6, 6.07) is 0. The molecular weight excluding hydrogens is 148 g/mol. The SMILES string of the molecule is CC1CCC(C)(CCCO)CC1. The Labute approximate surface area is 76.2 Å². The van der Waals surface area contributed by atoms with Gasteiger partial charge in [0, 0.05) is 6.61 Å². The molecule has 0 unspecified atom stereocenters. The van der Waals surface area contributed by atoms with Gasteiger partial charge in [-0.3, -0.25) is 0 Å². The Balaban J connectivity index is 2.29. The largest absolute Gasteiger partial charge is 0.396 e. The first kappa shape index (κ1) is 10.0. The Morgan fingerprint density at radius 3 is 2.42 bits per heavy atom. The van der Waals surface area contributed by atoms with Crippen LogP contribution in [0, 0.1) is 11.3 Å². The average Bonchev–Trinajstić information content (AvgIpc) is 2.08. The summed E-state index contributed by atoms with van der Waals surface area (Å²) in [4.78, 5) is 0. The molecule has 0 aromatic rings. The molecule has 0 aliphatic heterocycles. The Hall–Kier alpha value is -0.0400. The summed E-state index contributed by atoms with van der Waals surface area (Å²) in [5.41, 5.74) is 0.551. The Morgan fingerprint density at radius 2 is 1.92 bits per heavy atom. The van der Waals surface area contributed by atoms with E-state index in [2.05, 4.69) is 13.8 Å². The van der Waals surface area contributed by atoms with E-state index in [4.69, 9.17) is 5.11 Å². The van der Waals surface area contributed by atoms with Crippen molar-refractivity contribution >= 4 is 0 Å². The molecule has 1 fully saturated rings. The van der Waals surface area contributed by atoms with E-state index < -0.39 is 0 Å². The fraction of sp³-hybridized carbons (Fsp3) is 1.00. The summed E-state index contributed by atoms with van der Waals surface area (Å²) in [6.07, 6.45) is 7.73. The standard InChI is InChI=1S/C11H22O/c1-10-4-7-11(2,8-5-10)6-3-9-12/h10,12H,3-9H2,1-2H3. The van der Waals surface area contributed by atoms with Crippen molar-refractivity contribution < 1.29 is 5.11 Å². The van der Waals surface area contributed by atoms with Crippen LogP contribution in [0.15, 0.2) is 0 Å². The van der Waals surface area contributed by atoms with Crippen LogP contribution >= 0.6 is 0 Å². The zero-order chi connectivity index (χ0) is 9.03. The molecule has 0 aromatic carbocycles. The molecule has 0 aromatic heterocycles. The van der Waals surface area contributed by atoms with Gasteiger partial charge in [-0.05, 0) is 37.0 Å². The second kappa shape index (κ2) is 4.27. The Kier molecular flexibility index (Phi) is 3.57. The molecule has 0 radical (unpaired) electrons. The van der Waals surface area contributed by atoms with E-state index in [9.17, 15) is 0 Å². The van der Waals surface area contributed by atoms with Gasteiger partial charge in [0.15, 0.2) is 0 Å². The second-order valence-corrected chi connectivity index (χ2v) is 4.82. The van der Waals surface area contributed by atoms with Crippen LogP contribution in [0.1, 0.15) is 52.4 Å². The lowest BCUT2D eigenvalue weighted by molar-refractivity contribution is 0.147. The van der Waals surface area contributed by atoms with Gasteiger partial charge < -0.3 is 5.11 Å². The molecule has 0 bridgehead atoms. The third-order valence-electron chi connectivity index (χ3n) is 3.42. The molecule has 1 rings (SSSR count). The van der Waals surface area contributed by atoms with Crippen molar-refractivity contribution in [3.8, 4) is 0 Å². The van der Waals surface area contributed by atoms with Gasteiger partial charge in [0.2, 0.25) is 0 Å². The second-order valence-electron chi connectivity index (χ2n) is 4.82. The maximum absolute atomic E-state index is 8.76. The molecule has 1 aliphatic rings. The predicted molar refractivity (Wildman–Crippen MR) is 52.1 cm³/mol. The first-order valence-electron chi connectivity index (χ1n) is 5.27. The lowest BCUT2D eigenvalue weighted by atomic mass is 9.70. The van der Waals surface area contributed by atoms with Gasteiger partial charge in [0.1, 0.15) is 0 Å². The van der Waals surface area contributed by atoms with Crippen molar-refractivity contribution in [2.75, 3.05) is 6.61 Å². The summed E-state index contributed by atoms with van der Waals surface area (Å²) in [5.74, 6) is 0.937. The molecule has 1 saturated carbocycles. The van der Waals surface area contributed by atoms with Gasteiger partial charge in [0.25, 0.3) is 0 Å². The molecule has 1 heteroatoms. The topological polar surface area (TPSA) is 20.2 Å². The Bertz CT molecular complexity index is 117. The minimum atomic E-state index is 0.366. The Morgan fingerprint density at radius 1 is 1.33 bits per heavy atom. The third kappa shape index (κ3) is 2.78. The van der Waals surface area contributed by atoms with Crippen molar-refractivity contribution in [2.45, 2.75) is 52.4 Å². The normalized spacial score (nSPS) is 36.8. The first-order chi connectivity index (χ1) is 5.66. The molecule has 0 spiro atoms. The molecule has 1 nitrogen and oxygen atoms in total. The summed E-state index contributed by atoms with van der Waals surface area (Å²) in [5, 5.41) is 8.76. The summed E-state index contributed by atoms with van der Waals surface area (Å²) in [7, 11) is 0. The van der Waals surface area contributed by atoms with E-state index >= 15 is 0 Å². The van der Waals surface area contributed by atoms with E-state index in [1.54, 1.807) is 0 Å². The van der Waals surface area contributed by atoms with E-state index in [0.717, 1.165) is 12.3 Å². The minimum Gasteiger partial charge on any atom is -0.396 e. The van der Waals surface area contributed by atoms with Gasteiger partial charge in [-0.15, -0.1) is 0 Å². The van der Waals surface area contributed by atoms with E-state index in [1.807, 2.05) is 0 Å². The monoisotopic (exact) mass is 170 g/mol. The van der Waals surface area contributed by atoms with E-state index in [0.29, 0.717) is 12.0 Å². The van der Waals surface area contributed by atoms with Gasteiger partial charge in [-0.2, -0.15) is 0 Å². The van der Waals surface area contributed by atoms with Gasteiger partial charge >= 0.3 is 0 Å². The third-order valence-corrected chi connectivity index (χ3v) is 3.42. The van der Waals surface area contributed by atoms with Crippen LogP contribution in [0.25, 0.3) is 0 Å². The summed E-state index contributed by atoms with van der Waals surface area (Å²) >= 11 is 0. The average molecular weight is 170 g/mol. The number of aliphatic hydroxyl groups excluding tert-OH is 1. The first-order valence-corrected chi connectivity index (χ1v) is 5.27. The maximum Gasteiger partial charge on any atom is 0.0431 e. The van der Waals surface area contributed by atoms with Crippen LogP contribution < -0.4 is 0 Å². The smallest absolute Gasteiger partial charge is 0.0431 e. The molecule has 72 valence electrons. The summed E-state index contributed by atoms with van der Waals surface area (Å²) < 4.78 is 0. The number of hydrogen-bond donors (Lipinski definition) is 1. The zero-order valence-electron chi connectivity index (χ0n) is 8.47. The zero-order valence-corrected chi connectivity index (χ0v) is 8.47. The van der Waals surface area contributed by atoms with Crippen molar-refractivity contribution in [3.63, 3.8) is 0 Å². The summed E-state index contributed by atoms with van der Waals surface area (Å²) in [6.45, 7) is 5.10. The van der Waals surface area contributed by atoms with Crippen LogP contribution in [0.4, 0.5) is 0 Å². The molecule has 0 saturated heterocycles. The van der Waals surface area contributed by atoms with E-state index in [-0.39, 0.29) is 0 Å². The molecule has 0 heterocycles. The van der Waals surface area contributed by atoms with Crippen LogP contribution in [-0.4, -0.2) is 11.7 Å². The molecule has 1 aliphatic carbocycles. The van der Waals surface area contributed by atoms with Crippen LogP contribution in [0.5, 0.6) is 0 Å². The molecule has 0 atom stereocenters. The molecule has 12 heavy (non-hydrogen) atoms. The van der Waals surface area contributed by atoms with E-state index in [1.165, 1.54) is 32.1 Å². The highest BCUT2D eigenvalue weighted by Gasteiger charge is 2.28. The quantitative estimate of drug-likeness (QED) is 0.690. The molecular formula is C11H22O. The molecule has 1 N–H and O–H groups in total. The number of aliphatic hydroxyl groups is 1. The predicted octanol–water partition coefficient (Wildman–Crippen LogP) is 2.98. The lowest BCUT2D eigenvalue weighted by Gasteiger charge is -2.36. The van der Waals surface area contributed by atoms with Crippen LogP contribution in [0.3, 0.4) is 0 Å². The van der Waals surface area contributed by atoms with Gasteiger partial charge in [-0.1, -0.05) is 26.7 Å². The lowest BCUT2D eigenvalue weighted by Crippen LogP contribution is -2.23. The highest BCUT2D eigenvalue weighted by molar-refractivity contribution is 4.80. The fourth-order valence-electron chi connectivity index (χ4n) is 2.21. The van der Waals surface area contributed by atoms with Gasteiger partial charge in [-0.25, -0.2) is 0 Å². The van der Waals surface area contributed by atoms with Gasteiger partial charge in [0.05, 0.1) is 0 Å². The van der Waals surface area contributed by atoms with Crippen molar-refractivity contribution in [3.05, 3.63) is 0 Å². The number of hydrogen-bond acceptors (Lipinski definition) is 1. The number of rotatable bonds is 3. The van der Waals surface area contributed by atoms with Crippen molar-refractivity contribution in [1.29, 1.82) is 0 Å². The van der Waals surface area contributed by atoms with Crippen molar-refractivity contribution in [1.82, 2.24) is 0 Å². The maximum atomic E-state index is 8.76. The highest BCUT2D eigenvalue weighted by Crippen LogP contribution is 2.41. The molecule has 0 amide bonds. The highest BCUT2D eigenvalue weighted by atomic mass is 16.2. The van der Waals surface area contributed by atoms with Crippen LogP contribution in [-0.2, 0) is 0 Å². The minimum absolute atomic E-state index is 0.366. The fourth-order valence-corrected chi connectivity index (χ4v) is 2.21. The van der Waals surface area contributed by atoms with Crippen molar-refractivity contribution in [2.24, 2.45) is 11.3 Å².